The predicted molar refractivity (Wildman–Crippen MR) is 86.1 cm³/mol. The van der Waals surface area contributed by atoms with Crippen molar-refractivity contribution in [2.45, 2.75) is 13.3 Å². The molecule has 0 fully saturated rings. The lowest BCUT2D eigenvalue weighted by atomic mass is 10.1. The lowest BCUT2D eigenvalue weighted by Crippen LogP contribution is -2.00. The van der Waals surface area contributed by atoms with E-state index in [2.05, 4.69) is 51.8 Å². The van der Waals surface area contributed by atoms with Crippen LogP contribution in [0.5, 0.6) is 0 Å². The van der Waals surface area contributed by atoms with Crippen molar-refractivity contribution in [3.63, 3.8) is 0 Å². The highest BCUT2D eigenvalue weighted by Gasteiger charge is 2.08. The van der Waals surface area contributed by atoms with Gasteiger partial charge in [0.25, 0.3) is 0 Å². The lowest BCUT2D eigenvalue weighted by molar-refractivity contribution is 1.14. The van der Waals surface area contributed by atoms with Gasteiger partial charge in [-0.25, -0.2) is 4.98 Å². The summed E-state index contributed by atoms with van der Waals surface area (Å²) in [6, 6.07) is 10.5. The molecule has 0 radical (unpaired) electrons. The third-order valence-corrected chi connectivity index (χ3v) is 3.98. The van der Waals surface area contributed by atoms with Gasteiger partial charge in [-0.3, -0.25) is 0 Å². The molecule has 0 amide bonds. The number of nitrogens with zero attached hydrogens (tertiary/aromatic N) is 2. The Hall–Kier alpha value is -2.14. The molecule has 5 heteroatoms. The molecule has 20 heavy (non-hydrogen) atoms. The van der Waals surface area contributed by atoms with Crippen LogP contribution in [0.4, 0.5) is 17.5 Å². The molecule has 0 aliphatic carbocycles. The van der Waals surface area contributed by atoms with Gasteiger partial charge in [0.15, 0.2) is 0 Å². The van der Waals surface area contributed by atoms with Crippen LogP contribution in [-0.4, -0.2) is 17.0 Å². The third-order valence-electron chi connectivity index (χ3n) is 3.17. The van der Waals surface area contributed by atoms with Crippen molar-refractivity contribution in [2.24, 2.45) is 0 Å². The van der Waals surface area contributed by atoms with Crippen LogP contribution >= 0.6 is 11.3 Å². The van der Waals surface area contributed by atoms with E-state index in [1.54, 1.807) is 11.3 Å². The Morgan fingerprint density at radius 2 is 1.90 bits per heavy atom. The molecule has 0 spiro atoms. The first-order valence-corrected chi connectivity index (χ1v) is 7.47. The molecule has 1 aromatic carbocycles. The van der Waals surface area contributed by atoms with Crippen molar-refractivity contribution in [3.05, 3.63) is 41.3 Å². The molecular formula is C15H16N4S. The first kappa shape index (κ1) is 12.9. The summed E-state index contributed by atoms with van der Waals surface area (Å²) < 4.78 is 0. The maximum Gasteiger partial charge on any atom is 0.225 e. The maximum absolute atomic E-state index is 4.50. The van der Waals surface area contributed by atoms with Gasteiger partial charge < -0.3 is 10.6 Å². The molecule has 4 nitrogen and oxygen atoms in total. The highest BCUT2D eigenvalue weighted by molar-refractivity contribution is 7.16. The molecule has 2 aromatic heterocycles. The van der Waals surface area contributed by atoms with E-state index in [-0.39, 0.29) is 0 Å². The number of rotatable bonds is 4. The van der Waals surface area contributed by atoms with Crippen LogP contribution in [-0.2, 0) is 6.42 Å². The highest BCUT2D eigenvalue weighted by atomic mass is 32.1. The van der Waals surface area contributed by atoms with Crippen LogP contribution < -0.4 is 10.6 Å². The number of thiophene rings is 1. The Bertz CT molecular complexity index is 718. The van der Waals surface area contributed by atoms with Crippen molar-refractivity contribution in [3.8, 4) is 0 Å². The normalized spacial score (nSPS) is 10.7. The van der Waals surface area contributed by atoms with Gasteiger partial charge in [-0.2, -0.15) is 4.98 Å². The molecular weight excluding hydrogens is 268 g/mol. The minimum absolute atomic E-state index is 0.632. The van der Waals surface area contributed by atoms with Crippen LogP contribution in [0.1, 0.15) is 12.5 Å². The van der Waals surface area contributed by atoms with Crippen molar-refractivity contribution in [1.29, 1.82) is 0 Å². The van der Waals surface area contributed by atoms with E-state index in [0.29, 0.717) is 5.95 Å². The van der Waals surface area contributed by atoms with E-state index in [1.165, 1.54) is 5.56 Å². The van der Waals surface area contributed by atoms with Crippen LogP contribution in [0.2, 0.25) is 0 Å². The molecule has 0 unspecified atom stereocenters. The minimum atomic E-state index is 0.632. The molecule has 0 aliphatic heterocycles. The van der Waals surface area contributed by atoms with Crippen LogP contribution in [0.3, 0.4) is 0 Å². The number of benzene rings is 1. The van der Waals surface area contributed by atoms with Crippen LogP contribution in [0, 0.1) is 0 Å². The van der Waals surface area contributed by atoms with E-state index in [9.17, 15) is 0 Å². The van der Waals surface area contributed by atoms with Gasteiger partial charge in [0.05, 0.1) is 5.39 Å². The zero-order valence-electron chi connectivity index (χ0n) is 11.5. The number of aryl methyl sites for hydroxylation is 1. The smallest absolute Gasteiger partial charge is 0.225 e. The summed E-state index contributed by atoms with van der Waals surface area (Å²) in [7, 11) is 1.83. The summed E-state index contributed by atoms with van der Waals surface area (Å²) in [5.41, 5.74) is 2.37. The van der Waals surface area contributed by atoms with E-state index < -0.39 is 0 Å². The van der Waals surface area contributed by atoms with E-state index in [1.807, 2.05) is 18.5 Å². The largest absolute Gasteiger partial charge is 0.357 e. The lowest BCUT2D eigenvalue weighted by Gasteiger charge is -2.09. The number of aromatic nitrogens is 2. The summed E-state index contributed by atoms with van der Waals surface area (Å²) in [6.45, 7) is 2.15. The van der Waals surface area contributed by atoms with Crippen molar-refractivity contribution in [2.75, 3.05) is 17.7 Å². The predicted octanol–water partition coefficient (Wildman–Crippen LogP) is 4.04. The Balaban J connectivity index is 1.98. The first-order chi connectivity index (χ1) is 9.80. The fraction of sp³-hybridized carbons (Fsp3) is 0.200. The number of anilines is 3. The Morgan fingerprint density at radius 1 is 1.10 bits per heavy atom. The Morgan fingerprint density at radius 3 is 2.60 bits per heavy atom. The van der Waals surface area contributed by atoms with Crippen molar-refractivity contribution >= 4 is 39.0 Å². The third kappa shape index (κ3) is 2.44. The monoisotopic (exact) mass is 284 g/mol. The molecule has 0 saturated carbocycles. The molecule has 102 valence electrons. The van der Waals surface area contributed by atoms with Gasteiger partial charge in [-0.1, -0.05) is 19.1 Å². The quantitative estimate of drug-likeness (QED) is 0.759. The van der Waals surface area contributed by atoms with Gasteiger partial charge in [0.1, 0.15) is 10.6 Å². The van der Waals surface area contributed by atoms with Crippen molar-refractivity contribution in [1.82, 2.24) is 9.97 Å². The Labute approximate surface area is 121 Å². The van der Waals surface area contributed by atoms with Gasteiger partial charge in [0.2, 0.25) is 5.95 Å². The maximum atomic E-state index is 4.50. The fourth-order valence-corrected chi connectivity index (χ4v) is 2.79. The van der Waals surface area contributed by atoms with Gasteiger partial charge in [-0.05, 0) is 35.6 Å². The Kier molecular flexibility index (Phi) is 3.52. The zero-order valence-corrected chi connectivity index (χ0v) is 12.3. The number of hydrogen-bond donors (Lipinski definition) is 2. The van der Waals surface area contributed by atoms with E-state index in [0.717, 1.165) is 28.1 Å². The molecule has 3 aromatic rings. The molecule has 0 saturated heterocycles. The molecule has 2 heterocycles. The average Bonchev–Trinajstić information content (AvgIpc) is 2.96. The summed E-state index contributed by atoms with van der Waals surface area (Å²) in [5.74, 6) is 1.47. The molecule has 3 rings (SSSR count). The second-order valence-electron chi connectivity index (χ2n) is 4.46. The van der Waals surface area contributed by atoms with Crippen LogP contribution in [0.25, 0.3) is 10.2 Å². The number of hydrogen-bond acceptors (Lipinski definition) is 5. The molecule has 0 aliphatic rings. The summed E-state index contributed by atoms with van der Waals surface area (Å²) in [6.07, 6.45) is 1.05. The zero-order chi connectivity index (χ0) is 13.9. The van der Waals surface area contributed by atoms with Gasteiger partial charge in [-0.15, -0.1) is 11.3 Å². The topological polar surface area (TPSA) is 49.8 Å². The molecule has 0 atom stereocenters. The summed E-state index contributed by atoms with van der Waals surface area (Å²) in [5, 5.41) is 9.45. The fourth-order valence-electron chi connectivity index (χ4n) is 2.02. The van der Waals surface area contributed by atoms with E-state index in [4.69, 9.17) is 0 Å². The average molecular weight is 284 g/mol. The second-order valence-corrected chi connectivity index (χ2v) is 5.36. The summed E-state index contributed by atoms with van der Waals surface area (Å²) >= 11 is 1.62. The van der Waals surface area contributed by atoms with E-state index >= 15 is 0 Å². The van der Waals surface area contributed by atoms with Crippen LogP contribution in [0.15, 0.2) is 35.7 Å². The molecule has 2 N–H and O–H groups in total. The summed E-state index contributed by atoms with van der Waals surface area (Å²) in [4.78, 5) is 9.93. The first-order valence-electron chi connectivity index (χ1n) is 6.59. The molecule has 0 bridgehead atoms. The SMILES string of the molecule is CCc1ccc(Nc2nc(NC)nc3sccc23)cc1. The standard InChI is InChI=1S/C15H16N4S/c1-3-10-4-6-11(7-5-10)17-13-12-8-9-20-14(12)19-15(16-2)18-13/h4-9H,3H2,1-2H3,(H2,16,17,18,19). The minimum Gasteiger partial charge on any atom is -0.357 e. The van der Waals surface area contributed by atoms with Gasteiger partial charge >= 0.3 is 0 Å². The highest BCUT2D eigenvalue weighted by Crippen LogP contribution is 2.28. The number of nitrogens with one attached hydrogen (secondary N) is 2. The van der Waals surface area contributed by atoms with Crippen molar-refractivity contribution < 1.29 is 0 Å². The number of fused-ring (bicyclic) bond motifs is 1. The van der Waals surface area contributed by atoms with Gasteiger partial charge in [0, 0.05) is 12.7 Å². The second kappa shape index (κ2) is 5.46.